The highest BCUT2D eigenvalue weighted by Gasteiger charge is 2.17. The Kier molecular flexibility index (Phi) is 6.78. The lowest BCUT2D eigenvalue weighted by molar-refractivity contribution is -0.145. The predicted octanol–water partition coefficient (Wildman–Crippen LogP) is 2.59. The van der Waals surface area contributed by atoms with E-state index in [1.807, 2.05) is 4.90 Å². The fourth-order valence-electron chi connectivity index (χ4n) is 2.70. The van der Waals surface area contributed by atoms with Crippen molar-refractivity contribution >= 4 is 23.5 Å². The first kappa shape index (κ1) is 18.0. The fraction of sp³-hybridized carbons (Fsp3) is 0.500. The van der Waals surface area contributed by atoms with Gasteiger partial charge in [-0.05, 0) is 44.0 Å². The molecule has 1 aliphatic rings. The Morgan fingerprint density at radius 3 is 2.25 bits per heavy atom. The minimum atomic E-state index is -0.553. The van der Waals surface area contributed by atoms with Crippen LogP contribution in [0, 0.1) is 0 Å². The number of benzene rings is 1. The van der Waals surface area contributed by atoms with E-state index in [1.165, 1.54) is 12.8 Å². The summed E-state index contributed by atoms with van der Waals surface area (Å²) >= 11 is 0. The van der Waals surface area contributed by atoms with E-state index in [0.717, 1.165) is 25.9 Å². The molecule has 1 heterocycles. The van der Waals surface area contributed by atoms with Crippen LogP contribution in [0.5, 0.6) is 0 Å². The first-order valence-electron chi connectivity index (χ1n) is 8.45. The highest BCUT2D eigenvalue weighted by Crippen LogP contribution is 2.15. The second kappa shape index (κ2) is 9.05. The molecule has 0 radical (unpaired) electrons. The van der Waals surface area contributed by atoms with Crippen molar-refractivity contribution in [2.75, 3.05) is 25.0 Å². The summed E-state index contributed by atoms with van der Waals surface area (Å²) < 4.78 is 4.73. The van der Waals surface area contributed by atoms with Gasteiger partial charge >= 0.3 is 5.97 Å². The van der Waals surface area contributed by atoms with Crippen molar-refractivity contribution in [2.24, 2.45) is 0 Å². The van der Waals surface area contributed by atoms with Crippen LogP contribution >= 0.6 is 0 Å². The molecule has 0 bridgehead atoms. The number of ether oxygens (including phenoxy) is 1. The summed E-state index contributed by atoms with van der Waals surface area (Å²) in [6, 6.07) is 6.75. The number of anilines is 1. The van der Waals surface area contributed by atoms with Crippen molar-refractivity contribution in [3.8, 4) is 0 Å². The maximum atomic E-state index is 12.5. The quantitative estimate of drug-likeness (QED) is 0.664. The lowest BCUT2D eigenvalue weighted by atomic mass is 10.1. The summed E-state index contributed by atoms with van der Waals surface area (Å²) in [7, 11) is 0. The SMILES string of the molecule is CCOC(=O)CC(=O)Nc1ccc(C(=O)N2CCCCCC2)cc1. The van der Waals surface area contributed by atoms with E-state index in [-0.39, 0.29) is 18.9 Å². The Labute approximate surface area is 142 Å². The highest BCUT2D eigenvalue weighted by atomic mass is 16.5. The molecule has 1 fully saturated rings. The third-order valence-corrected chi connectivity index (χ3v) is 3.92. The number of amides is 2. The molecule has 0 unspecified atom stereocenters. The molecule has 6 nitrogen and oxygen atoms in total. The van der Waals surface area contributed by atoms with E-state index in [9.17, 15) is 14.4 Å². The van der Waals surface area contributed by atoms with Crippen LogP contribution in [0.3, 0.4) is 0 Å². The van der Waals surface area contributed by atoms with Gasteiger partial charge < -0.3 is 15.0 Å². The molecule has 130 valence electrons. The average molecular weight is 332 g/mol. The molecule has 2 amide bonds. The lowest BCUT2D eigenvalue weighted by Gasteiger charge is -2.20. The third-order valence-electron chi connectivity index (χ3n) is 3.92. The molecule has 2 rings (SSSR count). The van der Waals surface area contributed by atoms with Gasteiger partial charge in [0, 0.05) is 24.3 Å². The molecule has 0 spiro atoms. The normalized spacial score (nSPS) is 14.6. The van der Waals surface area contributed by atoms with Crippen molar-refractivity contribution in [3.05, 3.63) is 29.8 Å². The topological polar surface area (TPSA) is 75.7 Å². The molecule has 6 heteroatoms. The zero-order valence-corrected chi connectivity index (χ0v) is 14.0. The summed E-state index contributed by atoms with van der Waals surface area (Å²) in [6.45, 7) is 3.54. The van der Waals surface area contributed by atoms with E-state index < -0.39 is 11.9 Å². The number of carbonyl (C=O) groups excluding carboxylic acids is 3. The first-order valence-corrected chi connectivity index (χ1v) is 8.45. The number of nitrogens with one attached hydrogen (secondary N) is 1. The zero-order valence-electron chi connectivity index (χ0n) is 14.0. The van der Waals surface area contributed by atoms with Gasteiger partial charge in [-0.1, -0.05) is 12.8 Å². The van der Waals surface area contributed by atoms with Crippen molar-refractivity contribution < 1.29 is 19.1 Å². The number of carbonyl (C=O) groups is 3. The molecule has 1 aromatic rings. The van der Waals surface area contributed by atoms with E-state index in [0.29, 0.717) is 11.3 Å². The Bertz CT molecular complexity index is 575. The molecule has 0 saturated carbocycles. The minimum Gasteiger partial charge on any atom is -0.466 e. The average Bonchev–Trinajstić information content (AvgIpc) is 2.84. The van der Waals surface area contributed by atoms with Crippen molar-refractivity contribution in [1.82, 2.24) is 4.90 Å². The Morgan fingerprint density at radius 2 is 1.67 bits per heavy atom. The van der Waals surface area contributed by atoms with Gasteiger partial charge in [0.05, 0.1) is 6.61 Å². The molecule has 1 N–H and O–H groups in total. The fourth-order valence-corrected chi connectivity index (χ4v) is 2.70. The van der Waals surface area contributed by atoms with Gasteiger partial charge in [0.15, 0.2) is 0 Å². The van der Waals surface area contributed by atoms with Gasteiger partial charge in [0.2, 0.25) is 5.91 Å². The van der Waals surface area contributed by atoms with Gasteiger partial charge in [-0.3, -0.25) is 14.4 Å². The molecule has 0 aliphatic carbocycles. The molecular formula is C18H24N2O4. The van der Waals surface area contributed by atoms with Gasteiger partial charge in [0.25, 0.3) is 5.91 Å². The monoisotopic (exact) mass is 332 g/mol. The van der Waals surface area contributed by atoms with E-state index in [1.54, 1.807) is 31.2 Å². The van der Waals surface area contributed by atoms with Crippen molar-refractivity contribution in [3.63, 3.8) is 0 Å². The summed E-state index contributed by atoms with van der Waals surface area (Å²) in [5.74, 6) is -0.954. The number of esters is 1. The smallest absolute Gasteiger partial charge is 0.315 e. The van der Waals surface area contributed by atoms with Gasteiger partial charge in [-0.15, -0.1) is 0 Å². The summed E-state index contributed by atoms with van der Waals surface area (Å²) in [6.07, 6.45) is 4.13. The first-order chi connectivity index (χ1) is 11.6. The number of hydrogen-bond acceptors (Lipinski definition) is 4. The molecule has 1 aromatic carbocycles. The second-order valence-corrected chi connectivity index (χ2v) is 5.81. The van der Waals surface area contributed by atoms with E-state index in [4.69, 9.17) is 4.74 Å². The number of hydrogen-bond donors (Lipinski definition) is 1. The maximum Gasteiger partial charge on any atom is 0.315 e. The van der Waals surface area contributed by atoms with Crippen LogP contribution < -0.4 is 5.32 Å². The number of likely N-dealkylation sites (tertiary alicyclic amines) is 1. The Balaban J connectivity index is 1.91. The molecule has 0 atom stereocenters. The van der Waals surface area contributed by atoms with Crippen LogP contribution in [-0.4, -0.2) is 42.4 Å². The van der Waals surface area contributed by atoms with Crippen molar-refractivity contribution in [2.45, 2.75) is 39.0 Å². The summed E-state index contributed by atoms with van der Waals surface area (Å²) in [5, 5.41) is 2.62. The van der Waals surface area contributed by atoms with Gasteiger partial charge in [0.1, 0.15) is 6.42 Å². The van der Waals surface area contributed by atoms with Crippen molar-refractivity contribution in [1.29, 1.82) is 0 Å². The number of nitrogens with zero attached hydrogens (tertiary/aromatic N) is 1. The predicted molar refractivity (Wildman–Crippen MR) is 90.7 cm³/mol. The minimum absolute atomic E-state index is 0.0290. The van der Waals surface area contributed by atoms with E-state index in [2.05, 4.69) is 5.32 Å². The standard InChI is InChI=1S/C18H24N2O4/c1-2-24-17(22)13-16(21)19-15-9-7-14(8-10-15)18(23)20-11-5-3-4-6-12-20/h7-10H,2-6,11-13H2,1H3,(H,19,21). The largest absolute Gasteiger partial charge is 0.466 e. The van der Waals surface area contributed by atoms with E-state index >= 15 is 0 Å². The van der Waals surface area contributed by atoms with Crippen LogP contribution in [0.25, 0.3) is 0 Å². The molecule has 0 aromatic heterocycles. The maximum absolute atomic E-state index is 12.5. The summed E-state index contributed by atoms with van der Waals surface area (Å²) in [5.41, 5.74) is 1.16. The Morgan fingerprint density at radius 1 is 1.04 bits per heavy atom. The van der Waals surface area contributed by atoms with Crippen LogP contribution in [0.1, 0.15) is 49.4 Å². The summed E-state index contributed by atoms with van der Waals surface area (Å²) in [4.78, 5) is 37.3. The molecule has 1 aliphatic heterocycles. The van der Waals surface area contributed by atoms with Crippen LogP contribution in [-0.2, 0) is 14.3 Å². The van der Waals surface area contributed by atoms with Crippen LogP contribution in [0.2, 0.25) is 0 Å². The highest BCUT2D eigenvalue weighted by molar-refractivity contribution is 6.02. The van der Waals surface area contributed by atoms with Crippen LogP contribution in [0.4, 0.5) is 5.69 Å². The zero-order chi connectivity index (χ0) is 17.4. The van der Waals surface area contributed by atoms with Gasteiger partial charge in [-0.2, -0.15) is 0 Å². The molecular weight excluding hydrogens is 308 g/mol. The third kappa shape index (κ3) is 5.37. The number of rotatable bonds is 5. The second-order valence-electron chi connectivity index (χ2n) is 5.81. The van der Waals surface area contributed by atoms with Gasteiger partial charge in [-0.25, -0.2) is 0 Å². The molecule has 24 heavy (non-hydrogen) atoms. The van der Waals surface area contributed by atoms with Crippen LogP contribution in [0.15, 0.2) is 24.3 Å². The Hall–Kier alpha value is -2.37. The molecule has 1 saturated heterocycles. The lowest BCUT2D eigenvalue weighted by Crippen LogP contribution is -2.31.